The van der Waals surface area contributed by atoms with Crippen LogP contribution in [0.15, 0.2) is 0 Å². The number of amides is 1. The van der Waals surface area contributed by atoms with E-state index >= 15 is 0 Å². The molecular weight excluding hydrogens is 314 g/mol. The molecule has 0 spiro atoms. The number of esters is 1. The molecule has 0 saturated carbocycles. The number of rotatable bonds is 7. The molecule has 0 bridgehead atoms. The van der Waals surface area contributed by atoms with Gasteiger partial charge in [-0.15, -0.1) is 0 Å². The van der Waals surface area contributed by atoms with Crippen LogP contribution in [0, 0.1) is 0 Å². The second-order valence-corrected chi connectivity index (χ2v) is 5.50. The van der Waals surface area contributed by atoms with E-state index in [2.05, 4.69) is 10.4 Å². The highest BCUT2D eigenvalue weighted by molar-refractivity contribution is 6.01. The van der Waals surface area contributed by atoms with Crippen molar-refractivity contribution in [3.05, 3.63) is 17.0 Å². The van der Waals surface area contributed by atoms with E-state index in [0.717, 1.165) is 0 Å². The van der Waals surface area contributed by atoms with Gasteiger partial charge in [0.2, 0.25) is 5.91 Å². The molecule has 1 N–H and O–H groups in total. The molecule has 1 aliphatic carbocycles. The number of Topliss-reactive ketones (excluding diaryl/α,β-unsaturated/α-hetero) is 2. The van der Waals surface area contributed by atoms with Gasteiger partial charge in [-0.1, -0.05) is 6.92 Å². The van der Waals surface area contributed by atoms with Gasteiger partial charge < -0.3 is 10.1 Å². The second-order valence-electron chi connectivity index (χ2n) is 5.50. The summed E-state index contributed by atoms with van der Waals surface area (Å²) in [6.07, 6.45) is 1.88. The van der Waals surface area contributed by atoms with Crippen LogP contribution in [0.2, 0.25) is 0 Å². The summed E-state index contributed by atoms with van der Waals surface area (Å²) in [5.74, 6) is -1.26. The van der Waals surface area contributed by atoms with Gasteiger partial charge in [-0.3, -0.25) is 19.1 Å². The van der Waals surface area contributed by atoms with Crippen molar-refractivity contribution in [2.45, 2.75) is 46.1 Å². The minimum absolute atomic E-state index is 0.0581. The molecule has 1 amide bonds. The third kappa shape index (κ3) is 3.87. The molecule has 2 rings (SSSR count). The molecule has 0 radical (unpaired) electrons. The highest BCUT2D eigenvalue weighted by Crippen LogP contribution is 2.25. The Kier molecular flexibility index (Phi) is 5.83. The summed E-state index contributed by atoms with van der Waals surface area (Å²) in [5, 5.41) is 6.61. The van der Waals surface area contributed by atoms with Crippen molar-refractivity contribution in [2.75, 3.05) is 13.2 Å². The maximum Gasteiger partial charge on any atom is 0.359 e. The van der Waals surface area contributed by atoms with E-state index in [9.17, 15) is 19.2 Å². The van der Waals surface area contributed by atoms with Crippen molar-refractivity contribution in [3.8, 4) is 0 Å². The van der Waals surface area contributed by atoms with Gasteiger partial charge in [0.05, 0.1) is 13.2 Å². The van der Waals surface area contributed by atoms with E-state index in [1.54, 1.807) is 13.8 Å². The van der Waals surface area contributed by atoms with Gasteiger partial charge in [0.25, 0.3) is 0 Å². The number of nitrogens with one attached hydrogen (secondary N) is 1. The molecule has 0 atom stereocenters. The molecular formula is C16H21N3O5. The molecule has 130 valence electrons. The van der Waals surface area contributed by atoms with Crippen molar-refractivity contribution in [2.24, 2.45) is 0 Å². The van der Waals surface area contributed by atoms with Crippen LogP contribution in [-0.4, -0.2) is 46.4 Å². The standard InChI is InChI=1S/C16H21N3O5/c1-3-10(20)8-17-13(22)9-19-15-11(6-5-7-12(15)21)14(18-19)16(23)24-4-2/h3-9H2,1-2H3,(H,17,22). The summed E-state index contributed by atoms with van der Waals surface area (Å²) >= 11 is 0. The topological polar surface area (TPSA) is 107 Å². The number of hydrogen-bond acceptors (Lipinski definition) is 6. The minimum Gasteiger partial charge on any atom is -0.461 e. The quantitative estimate of drug-likeness (QED) is 0.734. The highest BCUT2D eigenvalue weighted by atomic mass is 16.5. The lowest BCUT2D eigenvalue weighted by Gasteiger charge is -2.13. The van der Waals surface area contributed by atoms with Gasteiger partial charge in [0.15, 0.2) is 17.3 Å². The fourth-order valence-electron chi connectivity index (χ4n) is 2.58. The van der Waals surface area contributed by atoms with Gasteiger partial charge in [-0.2, -0.15) is 5.10 Å². The van der Waals surface area contributed by atoms with E-state index in [1.165, 1.54) is 4.68 Å². The number of ether oxygens (including phenoxy) is 1. The molecule has 0 fully saturated rings. The van der Waals surface area contributed by atoms with Crippen LogP contribution in [0.1, 0.15) is 59.7 Å². The lowest BCUT2D eigenvalue weighted by molar-refractivity contribution is -0.125. The van der Waals surface area contributed by atoms with Crippen LogP contribution >= 0.6 is 0 Å². The first-order chi connectivity index (χ1) is 11.5. The first-order valence-corrected chi connectivity index (χ1v) is 8.06. The smallest absolute Gasteiger partial charge is 0.359 e. The minimum atomic E-state index is -0.594. The summed E-state index contributed by atoms with van der Waals surface area (Å²) in [6, 6.07) is 0. The molecule has 0 unspecified atom stereocenters. The van der Waals surface area contributed by atoms with Gasteiger partial charge >= 0.3 is 5.97 Å². The van der Waals surface area contributed by atoms with Gasteiger partial charge in [0, 0.05) is 18.4 Å². The van der Waals surface area contributed by atoms with E-state index in [4.69, 9.17) is 4.74 Å². The Morgan fingerprint density at radius 3 is 2.67 bits per heavy atom. The van der Waals surface area contributed by atoms with E-state index < -0.39 is 11.9 Å². The molecule has 0 aliphatic heterocycles. The van der Waals surface area contributed by atoms with Crippen molar-refractivity contribution in [1.29, 1.82) is 0 Å². The number of ketones is 2. The fraction of sp³-hybridized carbons (Fsp3) is 0.562. The predicted octanol–water partition coefficient (Wildman–Crippen LogP) is 0.674. The second kappa shape index (κ2) is 7.85. The summed E-state index contributed by atoms with van der Waals surface area (Å²) in [4.78, 5) is 47.5. The van der Waals surface area contributed by atoms with Gasteiger partial charge in [0.1, 0.15) is 12.2 Å². The fourth-order valence-corrected chi connectivity index (χ4v) is 2.58. The number of fused-ring (bicyclic) bond motifs is 1. The van der Waals surface area contributed by atoms with Gasteiger partial charge in [-0.25, -0.2) is 4.79 Å². The van der Waals surface area contributed by atoms with Crippen molar-refractivity contribution >= 4 is 23.4 Å². The van der Waals surface area contributed by atoms with Crippen LogP contribution in [0.5, 0.6) is 0 Å². The summed E-state index contributed by atoms with van der Waals surface area (Å²) < 4.78 is 6.21. The maximum atomic E-state index is 12.2. The lowest BCUT2D eigenvalue weighted by Crippen LogP contribution is -2.33. The molecule has 1 heterocycles. The molecule has 0 aromatic carbocycles. The third-order valence-corrected chi connectivity index (χ3v) is 3.78. The molecule has 1 aromatic heterocycles. The SMILES string of the molecule is CCOC(=O)c1nn(CC(=O)NCC(=O)CC)c2c1CCCC2=O. The number of aromatic nitrogens is 2. The van der Waals surface area contributed by atoms with Crippen LogP contribution in [0.25, 0.3) is 0 Å². The summed E-state index contributed by atoms with van der Waals surface area (Å²) in [6.45, 7) is 3.32. The average molecular weight is 335 g/mol. The Hall–Kier alpha value is -2.51. The first kappa shape index (κ1) is 17.8. The Bertz CT molecular complexity index is 677. The maximum absolute atomic E-state index is 12.2. The van der Waals surface area contributed by atoms with E-state index in [-0.39, 0.29) is 37.0 Å². The predicted molar refractivity (Wildman–Crippen MR) is 83.8 cm³/mol. The zero-order valence-corrected chi connectivity index (χ0v) is 13.9. The van der Waals surface area contributed by atoms with Crippen molar-refractivity contribution < 1.29 is 23.9 Å². The van der Waals surface area contributed by atoms with Crippen molar-refractivity contribution in [3.63, 3.8) is 0 Å². The number of hydrogen-bond donors (Lipinski definition) is 1. The molecule has 1 aromatic rings. The normalized spacial score (nSPS) is 13.3. The van der Waals surface area contributed by atoms with Crippen molar-refractivity contribution in [1.82, 2.24) is 15.1 Å². The van der Waals surface area contributed by atoms with Crippen LogP contribution in [0.4, 0.5) is 0 Å². The zero-order valence-electron chi connectivity index (χ0n) is 13.9. The summed E-state index contributed by atoms with van der Waals surface area (Å²) in [5.41, 5.74) is 0.931. The molecule has 8 heteroatoms. The Morgan fingerprint density at radius 2 is 2.00 bits per heavy atom. The number of carbonyl (C=O) groups excluding carboxylic acids is 4. The molecule has 8 nitrogen and oxygen atoms in total. The van der Waals surface area contributed by atoms with E-state index in [1.807, 2.05) is 0 Å². The summed E-state index contributed by atoms with van der Waals surface area (Å²) in [7, 11) is 0. The van der Waals surface area contributed by atoms with Gasteiger partial charge in [-0.05, 0) is 19.8 Å². The Balaban J connectivity index is 2.23. The van der Waals surface area contributed by atoms with Crippen LogP contribution < -0.4 is 5.32 Å². The molecule has 0 saturated heterocycles. The third-order valence-electron chi connectivity index (χ3n) is 3.78. The molecule has 1 aliphatic rings. The van der Waals surface area contributed by atoms with Crippen LogP contribution in [-0.2, 0) is 27.3 Å². The highest BCUT2D eigenvalue weighted by Gasteiger charge is 2.30. The lowest BCUT2D eigenvalue weighted by atomic mass is 9.94. The largest absolute Gasteiger partial charge is 0.461 e. The average Bonchev–Trinajstić information content (AvgIpc) is 2.92. The Labute approximate surface area is 139 Å². The number of carbonyl (C=O) groups is 4. The number of nitrogens with zero attached hydrogens (tertiary/aromatic N) is 2. The molecule has 24 heavy (non-hydrogen) atoms. The zero-order chi connectivity index (χ0) is 17.7. The van der Waals surface area contributed by atoms with E-state index in [0.29, 0.717) is 36.9 Å². The van der Waals surface area contributed by atoms with Crippen LogP contribution in [0.3, 0.4) is 0 Å². The monoisotopic (exact) mass is 335 g/mol. The first-order valence-electron chi connectivity index (χ1n) is 8.06. The Morgan fingerprint density at radius 1 is 1.25 bits per heavy atom.